The highest BCUT2D eigenvalue weighted by molar-refractivity contribution is 5.75. The van der Waals surface area contributed by atoms with Gasteiger partial charge >= 0.3 is 11.9 Å². The van der Waals surface area contributed by atoms with E-state index in [9.17, 15) is 24.2 Å². The lowest BCUT2D eigenvalue weighted by molar-refractivity contribution is -0.159. The molecule has 0 heterocycles. The van der Waals surface area contributed by atoms with Crippen LogP contribution in [0.15, 0.2) is 18.2 Å². The van der Waals surface area contributed by atoms with Gasteiger partial charge in [-0.05, 0) is 30.2 Å². The Hall–Kier alpha value is -1.99. The van der Waals surface area contributed by atoms with Gasteiger partial charge in [-0.2, -0.15) is 0 Å². The maximum Gasteiger partial charge on any atom is 0.338 e. The van der Waals surface area contributed by atoms with Gasteiger partial charge in [-0.1, -0.05) is 6.07 Å². The van der Waals surface area contributed by atoms with Crippen molar-refractivity contribution in [3.63, 3.8) is 0 Å². The van der Waals surface area contributed by atoms with E-state index in [1.165, 1.54) is 0 Å². The van der Waals surface area contributed by atoms with Crippen molar-refractivity contribution in [1.82, 2.24) is 0 Å². The van der Waals surface area contributed by atoms with E-state index in [1.807, 2.05) is 0 Å². The monoisotopic (exact) mass is 286 g/mol. The van der Waals surface area contributed by atoms with Gasteiger partial charge in [0.05, 0.1) is 13.0 Å². The standard InChI is InChI=1S/C13H15FO6/c1-2-20-13(19)12(18)11(17)7-3-4-9(14)8(5-7)6-10(15)16/h3-5,11-12,17-18H,2,6H2,1H3,(H,15,16). The number of aliphatic carboxylic acids is 1. The average molecular weight is 286 g/mol. The lowest BCUT2D eigenvalue weighted by atomic mass is 10.0. The Morgan fingerprint density at radius 3 is 2.55 bits per heavy atom. The van der Waals surface area contributed by atoms with Gasteiger partial charge in [-0.3, -0.25) is 4.79 Å². The molecule has 1 aromatic rings. The van der Waals surface area contributed by atoms with Crippen molar-refractivity contribution in [2.75, 3.05) is 6.61 Å². The first-order valence-corrected chi connectivity index (χ1v) is 5.89. The second kappa shape index (κ2) is 6.97. The van der Waals surface area contributed by atoms with Crippen molar-refractivity contribution in [2.45, 2.75) is 25.6 Å². The van der Waals surface area contributed by atoms with Gasteiger partial charge in [0.15, 0.2) is 6.10 Å². The van der Waals surface area contributed by atoms with Gasteiger partial charge in [0.2, 0.25) is 0 Å². The van der Waals surface area contributed by atoms with E-state index in [1.54, 1.807) is 6.92 Å². The van der Waals surface area contributed by atoms with Crippen molar-refractivity contribution in [3.8, 4) is 0 Å². The summed E-state index contributed by atoms with van der Waals surface area (Å²) in [5.41, 5.74) is -0.117. The van der Waals surface area contributed by atoms with Gasteiger partial charge in [-0.15, -0.1) is 0 Å². The average Bonchev–Trinajstić information content (AvgIpc) is 2.39. The van der Waals surface area contributed by atoms with Crippen molar-refractivity contribution in [3.05, 3.63) is 35.1 Å². The molecule has 1 aromatic carbocycles. The minimum Gasteiger partial charge on any atom is -0.481 e. The minimum atomic E-state index is -1.82. The molecule has 1 rings (SSSR count). The number of carbonyl (C=O) groups excluding carboxylic acids is 1. The summed E-state index contributed by atoms with van der Waals surface area (Å²) in [5, 5.41) is 28.0. The third-order valence-corrected chi connectivity index (χ3v) is 2.58. The Morgan fingerprint density at radius 1 is 1.35 bits per heavy atom. The number of hydrogen-bond acceptors (Lipinski definition) is 5. The first-order chi connectivity index (χ1) is 9.36. The molecule has 0 amide bonds. The van der Waals surface area contributed by atoms with Crippen molar-refractivity contribution >= 4 is 11.9 Å². The van der Waals surface area contributed by atoms with Gasteiger partial charge < -0.3 is 20.1 Å². The Balaban J connectivity index is 2.95. The molecule has 110 valence electrons. The summed E-state index contributed by atoms with van der Waals surface area (Å²) in [6.45, 7) is 1.58. The number of benzene rings is 1. The molecule has 0 aliphatic carbocycles. The molecule has 0 bridgehead atoms. The van der Waals surface area contributed by atoms with Crippen LogP contribution in [0.5, 0.6) is 0 Å². The Kier molecular flexibility index (Phi) is 5.60. The molecule has 3 N–H and O–H groups in total. The third kappa shape index (κ3) is 4.01. The van der Waals surface area contributed by atoms with Crippen LogP contribution in [0.25, 0.3) is 0 Å². The van der Waals surface area contributed by atoms with Crippen LogP contribution in [0.2, 0.25) is 0 Å². The largest absolute Gasteiger partial charge is 0.481 e. The maximum absolute atomic E-state index is 13.4. The van der Waals surface area contributed by atoms with Crippen molar-refractivity contribution in [2.24, 2.45) is 0 Å². The highest BCUT2D eigenvalue weighted by atomic mass is 19.1. The fourth-order valence-corrected chi connectivity index (χ4v) is 1.62. The lowest BCUT2D eigenvalue weighted by Crippen LogP contribution is -2.30. The van der Waals surface area contributed by atoms with E-state index in [-0.39, 0.29) is 17.7 Å². The normalized spacial score (nSPS) is 13.6. The number of aliphatic hydroxyl groups excluding tert-OH is 2. The van der Waals surface area contributed by atoms with Crippen LogP contribution >= 0.6 is 0 Å². The quantitative estimate of drug-likeness (QED) is 0.654. The number of rotatable bonds is 6. The first-order valence-electron chi connectivity index (χ1n) is 5.89. The molecule has 6 nitrogen and oxygen atoms in total. The molecule has 0 aliphatic rings. The van der Waals surface area contributed by atoms with E-state index in [2.05, 4.69) is 4.74 Å². The molecule has 0 fully saturated rings. The highest BCUT2D eigenvalue weighted by Crippen LogP contribution is 2.21. The van der Waals surface area contributed by atoms with Crippen molar-refractivity contribution in [1.29, 1.82) is 0 Å². The number of carboxylic acids is 1. The summed E-state index contributed by atoms with van der Waals surface area (Å²) < 4.78 is 17.9. The molecule has 2 atom stereocenters. The number of aliphatic hydroxyl groups is 2. The van der Waals surface area contributed by atoms with Gasteiger partial charge in [0.25, 0.3) is 0 Å². The van der Waals surface area contributed by atoms with Gasteiger partial charge in [-0.25, -0.2) is 9.18 Å². The van der Waals surface area contributed by atoms with Gasteiger partial charge in [0, 0.05) is 0 Å². The zero-order chi connectivity index (χ0) is 15.3. The zero-order valence-corrected chi connectivity index (χ0v) is 10.7. The molecule has 0 saturated heterocycles. The van der Waals surface area contributed by atoms with E-state index >= 15 is 0 Å². The van der Waals surface area contributed by atoms with Crippen LogP contribution in [0.4, 0.5) is 4.39 Å². The minimum absolute atomic E-state index is 0.0307. The second-order valence-corrected chi connectivity index (χ2v) is 4.06. The van der Waals surface area contributed by atoms with E-state index < -0.39 is 36.4 Å². The first kappa shape index (κ1) is 16.1. The van der Waals surface area contributed by atoms with Crippen LogP contribution < -0.4 is 0 Å². The van der Waals surface area contributed by atoms with Crippen LogP contribution in [-0.4, -0.2) is 40.0 Å². The molecule has 0 saturated carbocycles. The molecular formula is C13H15FO6. The number of carboxylic acid groups (broad SMARTS) is 1. The fourth-order valence-electron chi connectivity index (χ4n) is 1.62. The molecular weight excluding hydrogens is 271 g/mol. The SMILES string of the molecule is CCOC(=O)C(O)C(O)c1ccc(F)c(CC(=O)O)c1. The molecule has 0 aromatic heterocycles. The smallest absolute Gasteiger partial charge is 0.338 e. The number of halogens is 1. The summed E-state index contributed by atoms with van der Waals surface area (Å²) in [4.78, 5) is 21.9. The van der Waals surface area contributed by atoms with Crippen LogP contribution in [0.1, 0.15) is 24.2 Å². The van der Waals surface area contributed by atoms with E-state index in [0.717, 1.165) is 18.2 Å². The predicted octanol–water partition coefficient (Wildman–Crippen LogP) is 0.410. The van der Waals surface area contributed by atoms with Gasteiger partial charge in [0.1, 0.15) is 11.9 Å². The topological polar surface area (TPSA) is 104 Å². The fraction of sp³-hybridized carbons (Fsp3) is 0.385. The summed E-state index contributed by atoms with van der Waals surface area (Å²) in [5.74, 6) is -2.99. The van der Waals surface area contributed by atoms with Crippen LogP contribution in [0, 0.1) is 5.82 Å². The lowest BCUT2D eigenvalue weighted by Gasteiger charge is -2.17. The predicted molar refractivity (Wildman–Crippen MR) is 65.3 cm³/mol. The summed E-state index contributed by atoms with van der Waals surface area (Å²) >= 11 is 0. The Morgan fingerprint density at radius 2 is 2.00 bits per heavy atom. The Bertz CT molecular complexity index is 502. The zero-order valence-electron chi connectivity index (χ0n) is 10.7. The van der Waals surface area contributed by atoms with Crippen LogP contribution in [0.3, 0.4) is 0 Å². The van der Waals surface area contributed by atoms with E-state index in [0.29, 0.717) is 0 Å². The maximum atomic E-state index is 13.4. The molecule has 2 unspecified atom stereocenters. The number of ether oxygens (including phenoxy) is 1. The van der Waals surface area contributed by atoms with Crippen molar-refractivity contribution < 1.29 is 34.0 Å². The number of carbonyl (C=O) groups is 2. The number of hydrogen-bond donors (Lipinski definition) is 3. The summed E-state index contributed by atoms with van der Waals surface area (Å²) in [6, 6.07) is 3.22. The molecule has 0 spiro atoms. The van der Waals surface area contributed by atoms with Crippen LogP contribution in [-0.2, 0) is 20.7 Å². The number of esters is 1. The Labute approximate surface area is 114 Å². The highest BCUT2D eigenvalue weighted by Gasteiger charge is 2.27. The summed E-state index contributed by atoms with van der Waals surface area (Å²) in [7, 11) is 0. The molecule has 20 heavy (non-hydrogen) atoms. The molecule has 7 heteroatoms. The summed E-state index contributed by atoms with van der Waals surface area (Å²) in [6.07, 6.45) is -4.01. The third-order valence-electron chi connectivity index (χ3n) is 2.58. The molecule has 0 radical (unpaired) electrons. The van der Waals surface area contributed by atoms with E-state index in [4.69, 9.17) is 5.11 Å². The second-order valence-electron chi connectivity index (χ2n) is 4.06. The molecule has 0 aliphatic heterocycles.